The van der Waals surface area contributed by atoms with E-state index in [4.69, 9.17) is 0 Å². The SMILES string of the molecule is Cn1nccc1N1CCC[C@@H](NCc2ccnn2-c2ccccc2)C1. The van der Waals surface area contributed by atoms with E-state index >= 15 is 0 Å². The Labute approximate surface area is 148 Å². The van der Waals surface area contributed by atoms with Crippen LogP contribution in [0.25, 0.3) is 5.69 Å². The molecule has 0 radical (unpaired) electrons. The van der Waals surface area contributed by atoms with E-state index < -0.39 is 0 Å². The number of aromatic nitrogens is 4. The number of hydrogen-bond donors (Lipinski definition) is 1. The molecule has 1 saturated heterocycles. The maximum Gasteiger partial charge on any atom is 0.126 e. The van der Waals surface area contributed by atoms with E-state index in [1.807, 2.05) is 47.0 Å². The largest absolute Gasteiger partial charge is 0.355 e. The van der Waals surface area contributed by atoms with Gasteiger partial charge in [-0.1, -0.05) is 18.2 Å². The van der Waals surface area contributed by atoms with Gasteiger partial charge < -0.3 is 10.2 Å². The minimum absolute atomic E-state index is 0.475. The fourth-order valence-electron chi connectivity index (χ4n) is 3.54. The number of benzene rings is 1. The monoisotopic (exact) mass is 336 g/mol. The molecule has 1 aromatic carbocycles. The molecule has 1 N–H and O–H groups in total. The molecule has 0 spiro atoms. The van der Waals surface area contributed by atoms with Crippen LogP contribution in [-0.4, -0.2) is 38.7 Å². The van der Waals surface area contributed by atoms with Crippen molar-refractivity contribution in [3.8, 4) is 5.69 Å². The van der Waals surface area contributed by atoms with Crippen molar-refractivity contribution in [3.63, 3.8) is 0 Å². The first kappa shape index (κ1) is 15.9. The lowest BCUT2D eigenvalue weighted by molar-refractivity contribution is 0.413. The average Bonchev–Trinajstić information content (AvgIpc) is 3.30. The molecule has 0 unspecified atom stereocenters. The van der Waals surface area contributed by atoms with Gasteiger partial charge in [-0.2, -0.15) is 10.2 Å². The quantitative estimate of drug-likeness (QED) is 0.777. The van der Waals surface area contributed by atoms with Crippen molar-refractivity contribution in [3.05, 3.63) is 60.6 Å². The Bertz CT molecular complexity index is 806. The first-order chi connectivity index (χ1) is 12.3. The van der Waals surface area contributed by atoms with Gasteiger partial charge in [0.25, 0.3) is 0 Å². The number of rotatable bonds is 5. The smallest absolute Gasteiger partial charge is 0.126 e. The van der Waals surface area contributed by atoms with Crippen molar-refractivity contribution in [1.82, 2.24) is 24.9 Å². The summed E-state index contributed by atoms with van der Waals surface area (Å²) in [5.41, 5.74) is 2.29. The van der Waals surface area contributed by atoms with Crippen LogP contribution < -0.4 is 10.2 Å². The van der Waals surface area contributed by atoms with E-state index in [2.05, 4.69) is 44.7 Å². The lowest BCUT2D eigenvalue weighted by Gasteiger charge is -2.34. The Hall–Kier alpha value is -2.60. The molecule has 1 aliphatic rings. The maximum absolute atomic E-state index is 4.47. The summed E-state index contributed by atoms with van der Waals surface area (Å²) in [5.74, 6) is 1.20. The van der Waals surface area contributed by atoms with Crippen molar-refractivity contribution >= 4 is 5.82 Å². The van der Waals surface area contributed by atoms with Crippen molar-refractivity contribution in [2.45, 2.75) is 25.4 Å². The Morgan fingerprint density at radius 3 is 2.72 bits per heavy atom. The van der Waals surface area contributed by atoms with Crippen molar-refractivity contribution in [2.24, 2.45) is 7.05 Å². The Balaban J connectivity index is 1.41. The normalized spacial score (nSPS) is 17.8. The highest BCUT2D eigenvalue weighted by atomic mass is 15.4. The van der Waals surface area contributed by atoms with E-state index in [9.17, 15) is 0 Å². The molecule has 1 fully saturated rings. The minimum Gasteiger partial charge on any atom is -0.355 e. The van der Waals surface area contributed by atoms with Gasteiger partial charge in [-0.25, -0.2) is 4.68 Å². The molecule has 4 rings (SSSR count). The summed E-state index contributed by atoms with van der Waals surface area (Å²) >= 11 is 0. The summed E-state index contributed by atoms with van der Waals surface area (Å²) in [7, 11) is 2.00. The predicted octanol–water partition coefficient (Wildman–Crippen LogP) is 2.36. The average molecular weight is 336 g/mol. The third-order valence-electron chi connectivity index (χ3n) is 4.83. The summed E-state index contributed by atoms with van der Waals surface area (Å²) in [6, 6.07) is 14.9. The van der Waals surface area contributed by atoms with E-state index in [0.29, 0.717) is 6.04 Å². The van der Waals surface area contributed by atoms with Crippen LogP contribution in [0.4, 0.5) is 5.82 Å². The fraction of sp³-hybridized carbons (Fsp3) is 0.368. The summed E-state index contributed by atoms with van der Waals surface area (Å²) in [6.45, 7) is 2.93. The molecule has 6 heteroatoms. The summed E-state index contributed by atoms with van der Waals surface area (Å²) in [5, 5.41) is 12.5. The fourth-order valence-corrected chi connectivity index (χ4v) is 3.54. The number of anilines is 1. The molecule has 2 aromatic heterocycles. The molecule has 0 saturated carbocycles. The van der Waals surface area contributed by atoms with Crippen LogP contribution >= 0.6 is 0 Å². The molecule has 6 nitrogen and oxygen atoms in total. The third-order valence-corrected chi connectivity index (χ3v) is 4.83. The van der Waals surface area contributed by atoms with Gasteiger partial charge in [0.15, 0.2) is 0 Å². The van der Waals surface area contributed by atoms with Crippen LogP contribution in [0, 0.1) is 0 Å². The lowest BCUT2D eigenvalue weighted by atomic mass is 10.1. The molecular formula is C19H24N6. The zero-order chi connectivity index (χ0) is 17.1. The maximum atomic E-state index is 4.47. The van der Waals surface area contributed by atoms with Gasteiger partial charge in [0, 0.05) is 45.0 Å². The zero-order valence-electron chi connectivity index (χ0n) is 14.5. The highest BCUT2D eigenvalue weighted by Gasteiger charge is 2.21. The van der Waals surface area contributed by atoms with E-state index in [-0.39, 0.29) is 0 Å². The van der Waals surface area contributed by atoms with Crippen LogP contribution in [0.3, 0.4) is 0 Å². The standard InChI is InChI=1S/C19H24N6/c1-23-19(10-12-21-23)24-13-5-6-16(15-24)20-14-18-9-11-22-25(18)17-7-3-2-4-8-17/h2-4,7-12,16,20H,5-6,13-15H2,1H3/t16-/m1/s1. The number of piperidine rings is 1. The second-order valence-electron chi connectivity index (χ2n) is 6.55. The highest BCUT2D eigenvalue weighted by Crippen LogP contribution is 2.19. The van der Waals surface area contributed by atoms with Gasteiger partial charge in [-0.05, 0) is 31.0 Å². The molecule has 3 aromatic rings. The van der Waals surface area contributed by atoms with E-state index in [0.717, 1.165) is 25.3 Å². The predicted molar refractivity (Wildman–Crippen MR) is 98.8 cm³/mol. The van der Waals surface area contributed by atoms with Gasteiger partial charge in [0.05, 0.1) is 17.6 Å². The first-order valence-electron chi connectivity index (χ1n) is 8.86. The number of nitrogens with zero attached hydrogens (tertiary/aromatic N) is 5. The summed E-state index contributed by atoms with van der Waals surface area (Å²) < 4.78 is 3.96. The minimum atomic E-state index is 0.475. The van der Waals surface area contributed by atoms with Crippen LogP contribution in [0.15, 0.2) is 54.9 Å². The Morgan fingerprint density at radius 1 is 1.08 bits per heavy atom. The topological polar surface area (TPSA) is 50.9 Å². The number of hydrogen-bond acceptors (Lipinski definition) is 4. The van der Waals surface area contributed by atoms with E-state index in [1.165, 1.54) is 24.4 Å². The molecule has 0 aliphatic carbocycles. The second-order valence-corrected chi connectivity index (χ2v) is 6.55. The first-order valence-corrected chi connectivity index (χ1v) is 8.86. The summed E-state index contributed by atoms with van der Waals surface area (Å²) in [6.07, 6.45) is 6.13. The number of aryl methyl sites for hydroxylation is 1. The van der Waals surface area contributed by atoms with Crippen molar-refractivity contribution in [2.75, 3.05) is 18.0 Å². The molecule has 0 amide bonds. The van der Waals surface area contributed by atoms with Crippen molar-refractivity contribution < 1.29 is 0 Å². The molecule has 0 bridgehead atoms. The van der Waals surface area contributed by atoms with Crippen LogP contribution in [-0.2, 0) is 13.6 Å². The molecule has 3 heterocycles. The molecule has 25 heavy (non-hydrogen) atoms. The molecule has 1 aliphatic heterocycles. The Kier molecular flexibility index (Phi) is 4.52. The van der Waals surface area contributed by atoms with Gasteiger partial charge >= 0.3 is 0 Å². The van der Waals surface area contributed by atoms with Gasteiger partial charge in [0.1, 0.15) is 5.82 Å². The molecular weight excluding hydrogens is 312 g/mol. The van der Waals surface area contributed by atoms with Crippen LogP contribution in [0.2, 0.25) is 0 Å². The van der Waals surface area contributed by atoms with Gasteiger partial charge in [-0.3, -0.25) is 4.68 Å². The Morgan fingerprint density at radius 2 is 1.92 bits per heavy atom. The molecule has 1 atom stereocenters. The molecule has 130 valence electrons. The second kappa shape index (κ2) is 7.11. The summed E-state index contributed by atoms with van der Waals surface area (Å²) in [4.78, 5) is 2.42. The number of nitrogens with one attached hydrogen (secondary N) is 1. The third kappa shape index (κ3) is 3.44. The van der Waals surface area contributed by atoms with E-state index in [1.54, 1.807) is 0 Å². The highest BCUT2D eigenvalue weighted by molar-refractivity contribution is 5.39. The van der Waals surface area contributed by atoms with Crippen LogP contribution in [0.5, 0.6) is 0 Å². The van der Waals surface area contributed by atoms with Crippen LogP contribution in [0.1, 0.15) is 18.5 Å². The number of para-hydroxylation sites is 1. The lowest BCUT2D eigenvalue weighted by Crippen LogP contribution is -2.46. The zero-order valence-corrected chi connectivity index (χ0v) is 14.5. The van der Waals surface area contributed by atoms with Gasteiger partial charge in [0.2, 0.25) is 0 Å². The van der Waals surface area contributed by atoms with Gasteiger partial charge in [-0.15, -0.1) is 0 Å². The van der Waals surface area contributed by atoms with Crippen molar-refractivity contribution in [1.29, 1.82) is 0 Å².